The average Bonchev–Trinajstić information content (AvgIpc) is 3.27. The van der Waals surface area contributed by atoms with E-state index in [4.69, 9.17) is 0 Å². The summed E-state index contributed by atoms with van der Waals surface area (Å²) >= 11 is 1.35. The maximum atomic E-state index is 12.6. The topological polar surface area (TPSA) is 85.6 Å². The number of nitrogens with one attached hydrogen (secondary N) is 1. The summed E-state index contributed by atoms with van der Waals surface area (Å²) in [6, 6.07) is 11.5. The summed E-state index contributed by atoms with van der Waals surface area (Å²) in [6.45, 7) is 6.82. The lowest BCUT2D eigenvalue weighted by Crippen LogP contribution is -2.11. The van der Waals surface area contributed by atoms with Crippen LogP contribution in [0.5, 0.6) is 0 Å². The van der Waals surface area contributed by atoms with E-state index in [1.54, 1.807) is 16.8 Å². The number of carbonyl (C=O) groups is 1. The zero-order valence-corrected chi connectivity index (χ0v) is 16.0. The minimum absolute atomic E-state index is 0.244. The van der Waals surface area contributed by atoms with Gasteiger partial charge in [0.25, 0.3) is 5.91 Å². The molecule has 0 unspecified atom stereocenters. The Hall–Kier alpha value is -3.13. The molecule has 0 bridgehead atoms. The van der Waals surface area contributed by atoms with Crippen LogP contribution in [-0.2, 0) is 6.54 Å². The molecule has 0 fully saturated rings. The molecule has 2 heterocycles. The molecular formula is C19H18N6OS. The Bertz CT molecular complexity index is 1150. The largest absolute Gasteiger partial charge is 0.296 e. The van der Waals surface area contributed by atoms with Gasteiger partial charge in [-0.15, -0.1) is 15.3 Å². The Labute approximate surface area is 160 Å². The first-order valence-electron chi connectivity index (χ1n) is 8.61. The summed E-state index contributed by atoms with van der Waals surface area (Å²) in [7, 11) is 0. The smallest absolute Gasteiger partial charge is 0.257 e. The van der Waals surface area contributed by atoms with Crippen LogP contribution in [0, 0.1) is 13.8 Å². The third-order valence-corrected chi connectivity index (χ3v) is 5.21. The van der Waals surface area contributed by atoms with Crippen LogP contribution in [0.2, 0.25) is 0 Å². The molecule has 1 N–H and O–H groups in total. The molecule has 0 spiro atoms. The molecule has 136 valence electrons. The molecule has 0 radical (unpaired) electrons. The van der Waals surface area contributed by atoms with E-state index in [1.165, 1.54) is 16.9 Å². The van der Waals surface area contributed by atoms with Gasteiger partial charge in [-0.3, -0.25) is 10.1 Å². The molecule has 2 aromatic heterocycles. The summed E-state index contributed by atoms with van der Waals surface area (Å²) < 4.78 is 1.79. The second-order valence-electron chi connectivity index (χ2n) is 6.29. The van der Waals surface area contributed by atoms with Crippen molar-refractivity contribution in [3.8, 4) is 10.6 Å². The van der Waals surface area contributed by atoms with Crippen LogP contribution < -0.4 is 5.32 Å². The maximum Gasteiger partial charge on any atom is 0.257 e. The van der Waals surface area contributed by atoms with Crippen molar-refractivity contribution in [1.82, 2.24) is 25.2 Å². The van der Waals surface area contributed by atoms with Gasteiger partial charge >= 0.3 is 0 Å². The number of anilines is 1. The van der Waals surface area contributed by atoms with E-state index in [0.29, 0.717) is 16.2 Å². The number of benzene rings is 2. The van der Waals surface area contributed by atoms with Gasteiger partial charge in [-0.05, 0) is 44.5 Å². The van der Waals surface area contributed by atoms with Crippen molar-refractivity contribution in [1.29, 1.82) is 0 Å². The molecular weight excluding hydrogens is 360 g/mol. The fraction of sp³-hybridized carbons (Fsp3) is 0.211. The quantitative estimate of drug-likeness (QED) is 0.583. The standard InChI is InChI=1S/C19H18N6OS/c1-4-25-16-8-6-13(10-15(16)21-24-25)17(26)20-19-23-22-18(27-19)14-7-5-11(2)9-12(14)3/h5-10H,4H2,1-3H3,(H,20,23,26). The van der Waals surface area contributed by atoms with Crippen LogP contribution in [0.3, 0.4) is 0 Å². The van der Waals surface area contributed by atoms with Crippen molar-refractivity contribution in [3.63, 3.8) is 0 Å². The number of carbonyl (C=O) groups excluding carboxylic acids is 1. The van der Waals surface area contributed by atoms with Crippen molar-refractivity contribution in [2.45, 2.75) is 27.3 Å². The highest BCUT2D eigenvalue weighted by Gasteiger charge is 2.14. The number of hydrogen-bond donors (Lipinski definition) is 1. The van der Waals surface area contributed by atoms with Crippen molar-refractivity contribution in [3.05, 3.63) is 53.1 Å². The van der Waals surface area contributed by atoms with Crippen molar-refractivity contribution < 1.29 is 4.79 Å². The number of hydrogen-bond acceptors (Lipinski definition) is 6. The monoisotopic (exact) mass is 378 g/mol. The average molecular weight is 378 g/mol. The van der Waals surface area contributed by atoms with E-state index >= 15 is 0 Å². The number of rotatable bonds is 4. The van der Waals surface area contributed by atoms with Crippen LogP contribution in [0.1, 0.15) is 28.4 Å². The molecule has 0 saturated carbocycles. The highest BCUT2D eigenvalue weighted by atomic mass is 32.1. The molecule has 27 heavy (non-hydrogen) atoms. The lowest BCUT2D eigenvalue weighted by molar-refractivity contribution is 0.102. The molecule has 4 rings (SSSR count). The van der Waals surface area contributed by atoms with Crippen molar-refractivity contribution in [2.24, 2.45) is 0 Å². The Morgan fingerprint density at radius 1 is 1.11 bits per heavy atom. The van der Waals surface area contributed by atoms with Gasteiger partial charge in [0, 0.05) is 17.7 Å². The molecule has 0 aliphatic heterocycles. The van der Waals surface area contributed by atoms with E-state index in [2.05, 4.69) is 38.8 Å². The Morgan fingerprint density at radius 2 is 1.96 bits per heavy atom. The van der Waals surface area contributed by atoms with Gasteiger partial charge in [0.15, 0.2) is 0 Å². The zero-order valence-electron chi connectivity index (χ0n) is 15.2. The predicted molar refractivity (Wildman–Crippen MR) is 106 cm³/mol. The van der Waals surface area contributed by atoms with Gasteiger partial charge in [0.2, 0.25) is 5.13 Å². The van der Waals surface area contributed by atoms with E-state index in [0.717, 1.165) is 28.2 Å². The molecule has 8 heteroatoms. The van der Waals surface area contributed by atoms with Crippen LogP contribution in [0.15, 0.2) is 36.4 Å². The zero-order chi connectivity index (χ0) is 19.0. The van der Waals surface area contributed by atoms with E-state index in [-0.39, 0.29) is 5.91 Å². The Balaban J connectivity index is 1.56. The van der Waals surface area contributed by atoms with Gasteiger partial charge in [0.1, 0.15) is 10.5 Å². The molecule has 7 nitrogen and oxygen atoms in total. The summed E-state index contributed by atoms with van der Waals surface area (Å²) in [5, 5.41) is 20.6. The lowest BCUT2D eigenvalue weighted by atomic mass is 10.1. The molecule has 0 aliphatic carbocycles. The predicted octanol–water partition coefficient (Wildman–Crippen LogP) is 3.84. The summed E-state index contributed by atoms with van der Waals surface area (Å²) in [6.07, 6.45) is 0. The second kappa shape index (κ2) is 6.88. The van der Waals surface area contributed by atoms with E-state index in [9.17, 15) is 4.79 Å². The molecule has 1 amide bonds. The van der Waals surface area contributed by atoms with Crippen LogP contribution in [0.25, 0.3) is 21.6 Å². The number of nitrogens with zero attached hydrogens (tertiary/aromatic N) is 5. The number of fused-ring (bicyclic) bond motifs is 1. The third kappa shape index (κ3) is 3.31. The number of aryl methyl sites for hydroxylation is 3. The molecule has 2 aromatic carbocycles. The number of aromatic nitrogens is 5. The Morgan fingerprint density at radius 3 is 2.74 bits per heavy atom. The van der Waals surface area contributed by atoms with Gasteiger partial charge in [-0.25, -0.2) is 4.68 Å². The first-order valence-corrected chi connectivity index (χ1v) is 9.42. The normalized spacial score (nSPS) is 11.1. The molecule has 0 atom stereocenters. The van der Waals surface area contributed by atoms with E-state index < -0.39 is 0 Å². The van der Waals surface area contributed by atoms with Gasteiger partial charge in [-0.2, -0.15) is 0 Å². The van der Waals surface area contributed by atoms with Crippen molar-refractivity contribution >= 4 is 33.4 Å². The second-order valence-corrected chi connectivity index (χ2v) is 7.27. The summed E-state index contributed by atoms with van der Waals surface area (Å²) in [5.74, 6) is -0.244. The fourth-order valence-corrected chi connectivity index (χ4v) is 3.78. The van der Waals surface area contributed by atoms with Crippen LogP contribution >= 0.6 is 11.3 Å². The van der Waals surface area contributed by atoms with Crippen LogP contribution in [0.4, 0.5) is 5.13 Å². The molecule has 4 aromatic rings. The SMILES string of the molecule is CCn1nnc2cc(C(=O)Nc3nnc(-c4ccc(C)cc4C)s3)ccc21. The van der Waals surface area contributed by atoms with Gasteiger partial charge in [0.05, 0.1) is 5.52 Å². The van der Waals surface area contributed by atoms with Crippen molar-refractivity contribution in [2.75, 3.05) is 5.32 Å². The lowest BCUT2D eigenvalue weighted by Gasteiger charge is -2.03. The first-order chi connectivity index (χ1) is 13.0. The maximum absolute atomic E-state index is 12.6. The van der Waals surface area contributed by atoms with Crippen LogP contribution in [-0.4, -0.2) is 31.1 Å². The highest BCUT2D eigenvalue weighted by Crippen LogP contribution is 2.29. The number of amides is 1. The minimum Gasteiger partial charge on any atom is -0.296 e. The van der Waals surface area contributed by atoms with E-state index in [1.807, 2.05) is 32.0 Å². The molecule has 0 saturated heterocycles. The first kappa shape index (κ1) is 17.3. The third-order valence-electron chi connectivity index (χ3n) is 4.33. The highest BCUT2D eigenvalue weighted by molar-refractivity contribution is 7.18. The summed E-state index contributed by atoms with van der Waals surface area (Å²) in [5.41, 5.74) is 5.46. The van der Waals surface area contributed by atoms with Gasteiger partial charge < -0.3 is 0 Å². The minimum atomic E-state index is -0.244. The fourth-order valence-electron chi connectivity index (χ4n) is 2.95. The molecule has 0 aliphatic rings. The summed E-state index contributed by atoms with van der Waals surface area (Å²) in [4.78, 5) is 12.6. The van der Waals surface area contributed by atoms with Gasteiger partial charge in [-0.1, -0.05) is 40.3 Å². The Kier molecular flexibility index (Phi) is 4.41.